The van der Waals surface area contributed by atoms with Gasteiger partial charge in [0, 0.05) is 18.0 Å². The highest BCUT2D eigenvalue weighted by Crippen LogP contribution is 2.47. The van der Waals surface area contributed by atoms with E-state index >= 15 is 0 Å². The fourth-order valence-electron chi connectivity index (χ4n) is 2.27. The van der Waals surface area contributed by atoms with Crippen molar-refractivity contribution in [1.82, 2.24) is 0 Å². The van der Waals surface area contributed by atoms with E-state index in [-0.39, 0.29) is 11.6 Å². The van der Waals surface area contributed by atoms with Crippen molar-refractivity contribution in [1.29, 1.82) is 0 Å². The van der Waals surface area contributed by atoms with Gasteiger partial charge in [-0.05, 0) is 26.0 Å². The maximum Gasteiger partial charge on any atom is 0.203 e. The summed E-state index contributed by atoms with van der Waals surface area (Å²) in [5.74, 6) is 1.99. The lowest BCUT2D eigenvalue weighted by atomic mass is 9.90. The molecule has 0 radical (unpaired) electrons. The van der Waals surface area contributed by atoms with Crippen LogP contribution in [0.5, 0.6) is 17.2 Å². The molecule has 2 N–H and O–H groups in total. The predicted octanol–water partition coefficient (Wildman–Crippen LogP) is 2.26. The Labute approximate surface area is 102 Å². The molecule has 17 heavy (non-hydrogen) atoms. The van der Waals surface area contributed by atoms with Crippen LogP contribution in [0.2, 0.25) is 0 Å². The van der Waals surface area contributed by atoms with Crippen LogP contribution in [0.1, 0.15) is 31.9 Å². The SMILES string of the molecule is COc1ccc2c(c1OC)OC(C)(C)CC2N. The second-order valence-electron chi connectivity index (χ2n) is 4.89. The van der Waals surface area contributed by atoms with E-state index in [2.05, 4.69) is 0 Å². The lowest BCUT2D eigenvalue weighted by Crippen LogP contribution is -2.37. The van der Waals surface area contributed by atoms with Crippen molar-refractivity contribution in [3.63, 3.8) is 0 Å². The molecule has 1 aliphatic rings. The maximum atomic E-state index is 6.16. The number of nitrogens with two attached hydrogens (primary N) is 1. The summed E-state index contributed by atoms with van der Waals surface area (Å²) in [5, 5.41) is 0. The minimum absolute atomic E-state index is 0.0337. The van der Waals surface area contributed by atoms with Crippen molar-refractivity contribution in [3.8, 4) is 17.2 Å². The number of hydrogen-bond acceptors (Lipinski definition) is 4. The van der Waals surface area contributed by atoms with Crippen LogP contribution in [0.15, 0.2) is 12.1 Å². The van der Waals surface area contributed by atoms with E-state index in [0.29, 0.717) is 17.2 Å². The number of methoxy groups -OCH3 is 2. The molecule has 1 aliphatic heterocycles. The molecule has 4 nitrogen and oxygen atoms in total. The van der Waals surface area contributed by atoms with E-state index in [1.807, 2.05) is 26.0 Å². The van der Waals surface area contributed by atoms with Crippen molar-refractivity contribution in [2.75, 3.05) is 14.2 Å². The van der Waals surface area contributed by atoms with E-state index in [4.69, 9.17) is 19.9 Å². The van der Waals surface area contributed by atoms with Gasteiger partial charge in [0.1, 0.15) is 5.60 Å². The van der Waals surface area contributed by atoms with Crippen LogP contribution in [-0.2, 0) is 0 Å². The van der Waals surface area contributed by atoms with Crippen LogP contribution in [0.4, 0.5) is 0 Å². The zero-order valence-corrected chi connectivity index (χ0v) is 10.7. The van der Waals surface area contributed by atoms with Crippen LogP contribution in [0, 0.1) is 0 Å². The van der Waals surface area contributed by atoms with Gasteiger partial charge in [-0.1, -0.05) is 0 Å². The summed E-state index contributed by atoms with van der Waals surface area (Å²) >= 11 is 0. The van der Waals surface area contributed by atoms with Crippen molar-refractivity contribution in [2.45, 2.75) is 31.9 Å². The number of rotatable bonds is 2. The predicted molar refractivity (Wildman–Crippen MR) is 65.8 cm³/mol. The van der Waals surface area contributed by atoms with Crippen molar-refractivity contribution < 1.29 is 14.2 Å². The molecule has 1 unspecified atom stereocenters. The average Bonchev–Trinajstić information content (AvgIpc) is 2.25. The summed E-state index contributed by atoms with van der Waals surface area (Å²) in [4.78, 5) is 0. The Balaban J connectivity index is 2.56. The monoisotopic (exact) mass is 237 g/mol. The third-order valence-corrected chi connectivity index (χ3v) is 3.02. The summed E-state index contributed by atoms with van der Waals surface area (Å²) in [5.41, 5.74) is 6.85. The second kappa shape index (κ2) is 4.11. The number of benzene rings is 1. The first-order chi connectivity index (χ1) is 7.98. The van der Waals surface area contributed by atoms with Crippen molar-refractivity contribution in [2.24, 2.45) is 5.73 Å². The zero-order chi connectivity index (χ0) is 12.6. The molecular weight excluding hydrogens is 218 g/mol. The summed E-state index contributed by atoms with van der Waals surface area (Å²) in [7, 11) is 3.22. The molecule has 4 heteroatoms. The fourth-order valence-corrected chi connectivity index (χ4v) is 2.27. The Morgan fingerprint density at radius 1 is 1.29 bits per heavy atom. The third kappa shape index (κ3) is 2.05. The van der Waals surface area contributed by atoms with Crippen LogP contribution < -0.4 is 19.9 Å². The number of fused-ring (bicyclic) bond motifs is 1. The highest BCUT2D eigenvalue weighted by molar-refractivity contribution is 5.57. The molecular formula is C13H19NO3. The van der Waals surface area contributed by atoms with E-state index in [9.17, 15) is 0 Å². The third-order valence-electron chi connectivity index (χ3n) is 3.02. The number of ether oxygens (including phenoxy) is 3. The van der Waals surface area contributed by atoms with E-state index in [1.54, 1.807) is 14.2 Å². The summed E-state index contributed by atoms with van der Waals surface area (Å²) in [6.45, 7) is 4.05. The van der Waals surface area contributed by atoms with Gasteiger partial charge in [0.05, 0.1) is 14.2 Å². The van der Waals surface area contributed by atoms with Gasteiger partial charge < -0.3 is 19.9 Å². The molecule has 0 bridgehead atoms. The van der Waals surface area contributed by atoms with E-state index in [0.717, 1.165) is 12.0 Å². The summed E-state index contributed by atoms with van der Waals surface area (Å²) in [6, 6.07) is 3.77. The van der Waals surface area contributed by atoms with Gasteiger partial charge in [-0.3, -0.25) is 0 Å². The molecule has 0 saturated carbocycles. The highest BCUT2D eigenvalue weighted by Gasteiger charge is 2.34. The number of hydrogen-bond donors (Lipinski definition) is 1. The Morgan fingerprint density at radius 3 is 2.59 bits per heavy atom. The van der Waals surface area contributed by atoms with Crippen molar-refractivity contribution >= 4 is 0 Å². The van der Waals surface area contributed by atoms with Crippen LogP contribution in [0.3, 0.4) is 0 Å². The topological polar surface area (TPSA) is 53.7 Å². The van der Waals surface area contributed by atoms with Crippen molar-refractivity contribution in [3.05, 3.63) is 17.7 Å². The molecule has 0 amide bonds. The van der Waals surface area contributed by atoms with Crippen LogP contribution in [0.25, 0.3) is 0 Å². The fraction of sp³-hybridized carbons (Fsp3) is 0.538. The van der Waals surface area contributed by atoms with Gasteiger partial charge in [-0.25, -0.2) is 0 Å². The van der Waals surface area contributed by atoms with E-state index < -0.39 is 0 Å². The Morgan fingerprint density at radius 2 is 2.00 bits per heavy atom. The quantitative estimate of drug-likeness (QED) is 0.857. The first-order valence-electron chi connectivity index (χ1n) is 5.68. The Kier molecular flexibility index (Phi) is 2.91. The molecule has 0 aliphatic carbocycles. The van der Waals surface area contributed by atoms with E-state index in [1.165, 1.54) is 0 Å². The second-order valence-corrected chi connectivity index (χ2v) is 4.89. The van der Waals surface area contributed by atoms with Gasteiger partial charge >= 0.3 is 0 Å². The lowest BCUT2D eigenvalue weighted by Gasteiger charge is -2.37. The van der Waals surface area contributed by atoms with Gasteiger partial charge in [-0.15, -0.1) is 0 Å². The largest absolute Gasteiger partial charge is 0.493 e. The normalized spacial score (nSPS) is 21.4. The minimum Gasteiger partial charge on any atom is -0.493 e. The average molecular weight is 237 g/mol. The maximum absolute atomic E-state index is 6.16. The molecule has 0 spiro atoms. The van der Waals surface area contributed by atoms with Gasteiger partial charge in [0.25, 0.3) is 0 Å². The van der Waals surface area contributed by atoms with Crippen LogP contribution >= 0.6 is 0 Å². The summed E-state index contributed by atoms with van der Waals surface area (Å²) in [6.07, 6.45) is 0.787. The Hall–Kier alpha value is -1.42. The summed E-state index contributed by atoms with van der Waals surface area (Å²) < 4.78 is 16.6. The molecule has 0 saturated heterocycles. The molecule has 0 aromatic heterocycles. The van der Waals surface area contributed by atoms with Crippen LogP contribution in [-0.4, -0.2) is 19.8 Å². The van der Waals surface area contributed by atoms with Gasteiger partial charge in [0.15, 0.2) is 11.5 Å². The standard InChI is InChI=1S/C13H19NO3/c1-13(2)7-9(14)8-5-6-10(15-3)12(16-4)11(8)17-13/h5-6,9H,7,14H2,1-4H3. The Bertz CT molecular complexity index is 429. The molecule has 1 heterocycles. The lowest BCUT2D eigenvalue weighted by molar-refractivity contribution is 0.0683. The van der Waals surface area contributed by atoms with Gasteiger partial charge in [0.2, 0.25) is 5.75 Å². The molecule has 1 atom stereocenters. The first kappa shape index (κ1) is 12.0. The molecule has 1 aromatic rings. The molecule has 94 valence electrons. The minimum atomic E-state index is -0.286. The molecule has 0 fully saturated rings. The highest BCUT2D eigenvalue weighted by atomic mass is 16.5. The molecule has 2 rings (SSSR count). The first-order valence-corrected chi connectivity index (χ1v) is 5.68. The van der Waals surface area contributed by atoms with Gasteiger partial charge in [-0.2, -0.15) is 0 Å². The zero-order valence-electron chi connectivity index (χ0n) is 10.7. The molecule has 1 aromatic carbocycles. The smallest absolute Gasteiger partial charge is 0.203 e.